The molecule has 0 radical (unpaired) electrons. The van der Waals surface area contributed by atoms with Crippen LogP contribution >= 0.6 is 0 Å². The second-order valence-corrected chi connectivity index (χ2v) is 6.20. The van der Waals surface area contributed by atoms with Gasteiger partial charge in [-0.15, -0.1) is 0 Å². The Labute approximate surface area is 116 Å². The molecule has 1 aliphatic rings. The van der Waals surface area contributed by atoms with Crippen molar-refractivity contribution >= 4 is 0 Å². The van der Waals surface area contributed by atoms with Crippen LogP contribution in [-0.4, -0.2) is 16.7 Å². The molecule has 1 aliphatic carbocycles. The lowest BCUT2D eigenvalue weighted by atomic mass is 9.80. The van der Waals surface area contributed by atoms with Gasteiger partial charge in [-0.2, -0.15) is 4.98 Å². The second-order valence-electron chi connectivity index (χ2n) is 6.20. The Kier molecular flexibility index (Phi) is 4.97. The van der Waals surface area contributed by atoms with Crippen molar-refractivity contribution in [3.05, 3.63) is 11.7 Å². The van der Waals surface area contributed by atoms with Crippen LogP contribution in [-0.2, 0) is 0 Å². The molecule has 1 unspecified atom stereocenters. The van der Waals surface area contributed by atoms with Gasteiger partial charge in [0.25, 0.3) is 0 Å². The van der Waals surface area contributed by atoms with E-state index in [0.717, 1.165) is 17.6 Å². The molecule has 2 rings (SSSR count). The molecule has 19 heavy (non-hydrogen) atoms. The zero-order valence-corrected chi connectivity index (χ0v) is 12.4. The summed E-state index contributed by atoms with van der Waals surface area (Å²) in [5.41, 5.74) is 5.80. The summed E-state index contributed by atoms with van der Waals surface area (Å²) in [7, 11) is 0. The molecule has 2 N–H and O–H groups in total. The summed E-state index contributed by atoms with van der Waals surface area (Å²) in [5.74, 6) is 3.65. The molecule has 1 aromatic rings. The molecule has 0 aliphatic heterocycles. The van der Waals surface area contributed by atoms with Gasteiger partial charge in [0.1, 0.15) is 0 Å². The molecule has 1 heterocycles. The number of hydrogen-bond acceptors (Lipinski definition) is 4. The van der Waals surface area contributed by atoms with Gasteiger partial charge < -0.3 is 10.3 Å². The topological polar surface area (TPSA) is 64.9 Å². The molecule has 4 nitrogen and oxygen atoms in total. The van der Waals surface area contributed by atoms with Crippen LogP contribution in [0.15, 0.2) is 4.52 Å². The smallest absolute Gasteiger partial charge is 0.231 e. The zero-order valence-electron chi connectivity index (χ0n) is 12.4. The first kappa shape index (κ1) is 14.5. The number of nitrogens with two attached hydrogens (primary N) is 1. The third-order valence-corrected chi connectivity index (χ3v) is 4.62. The van der Waals surface area contributed by atoms with Crippen molar-refractivity contribution in [1.82, 2.24) is 10.1 Å². The Hall–Kier alpha value is -0.900. The van der Waals surface area contributed by atoms with Gasteiger partial charge in [-0.1, -0.05) is 32.3 Å². The first-order chi connectivity index (χ1) is 9.15. The van der Waals surface area contributed by atoms with Gasteiger partial charge in [0.05, 0.1) is 5.92 Å². The van der Waals surface area contributed by atoms with Crippen molar-refractivity contribution in [2.45, 2.75) is 64.7 Å². The highest BCUT2D eigenvalue weighted by Crippen LogP contribution is 2.36. The highest BCUT2D eigenvalue weighted by atomic mass is 16.5. The Bertz CT molecular complexity index is 380. The van der Waals surface area contributed by atoms with E-state index in [4.69, 9.17) is 10.3 Å². The van der Waals surface area contributed by atoms with Crippen molar-refractivity contribution in [1.29, 1.82) is 0 Å². The second kappa shape index (κ2) is 6.51. The molecule has 1 aromatic heterocycles. The maximum absolute atomic E-state index is 5.80. The van der Waals surface area contributed by atoms with Crippen molar-refractivity contribution in [2.75, 3.05) is 6.54 Å². The third-order valence-electron chi connectivity index (χ3n) is 4.62. The fraction of sp³-hybridized carbons (Fsp3) is 0.867. The van der Waals surface area contributed by atoms with Gasteiger partial charge >= 0.3 is 0 Å². The fourth-order valence-corrected chi connectivity index (χ4v) is 3.05. The Morgan fingerprint density at radius 2 is 1.95 bits per heavy atom. The lowest BCUT2D eigenvalue weighted by molar-refractivity contribution is 0.296. The minimum absolute atomic E-state index is 0.188. The lowest BCUT2D eigenvalue weighted by Gasteiger charge is -2.25. The summed E-state index contributed by atoms with van der Waals surface area (Å²) in [5, 5.41) is 4.20. The normalized spacial score (nSPS) is 25.7. The first-order valence-corrected chi connectivity index (χ1v) is 7.69. The predicted molar refractivity (Wildman–Crippen MR) is 75.9 cm³/mol. The molecule has 108 valence electrons. The van der Waals surface area contributed by atoms with Crippen molar-refractivity contribution in [3.63, 3.8) is 0 Å². The van der Waals surface area contributed by atoms with Crippen molar-refractivity contribution in [3.8, 4) is 0 Å². The molecule has 0 saturated heterocycles. The molecular formula is C15H27N3O. The van der Waals surface area contributed by atoms with E-state index in [0.29, 0.717) is 18.4 Å². The van der Waals surface area contributed by atoms with E-state index in [1.807, 2.05) is 0 Å². The van der Waals surface area contributed by atoms with E-state index in [1.165, 1.54) is 32.1 Å². The van der Waals surface area contributed by atoms with E-state index in [9.17, 15) is 0 Å². The average molecular weight is 265 g/mol. The Morgan fingerprint density at radius 3 is 2.47 bits per heavy atom. The predicted octanol–water partition coefficient (Wildman–Crippen LogP) is 3.45. The lowest BCUT2D eigenvalue weighted by Crippen LogP contribution is -2.18. The van der Waals surface area contributed by atoms with Gasteiger partial charge in [0.15, 0.2) is 5.82 Å². The standard InChI is InChI=1S/C15H27N3O/c1-4-11-5-7-12(8-6-11)14-17-15(19-18-14)13(9-16)10(2)3/h10-13H,4-9,16H2,1-3H3. The fourth-order valence-electron chi connectivity index (χ4n) is 3.05. The minimum Gasteiger partial charge on any atom is -0.339 e. The molecule has 0 amide bonds. The van der Waals surface area contributed by atoms with Crippen molar-refractivity contribution < 1.29 is 4.52 Å². The van der Waals surface area contributed by atoms with Crippen LogP contribution in [0, 0.1) is 11.8 Å². The van der Waals surface area contributed by atoms with E-state index in [1.54, 1.807) is 0 Å². The minimum atomic E-state index is 0.188. The molecule has 1 fully saturated rings. The maximum atomic E-state index is 5.80. The number of rotatable bonds is 5. The Morgan fingerprint density at radius 1 is 1.26 bits per heavy atom. The highest BCUT2D eigenvalue weighted by Gasteiger charge is 2.27. The van der Waals surface area contributed by atoms with Crippen LogP contribution in [0.25, 0.3) is 0 Å². The van der Waals surface area contributed by atoms with Gasteiger partial charge in [0, 0.05) is 12.5 Å². The highest BCUT2D eigenvalue weighted by molar-refractivity contribution is 5.01. The summed E-state index contributed by atoms with van der Waals surface area (Å²) in [6.07, 6.45) is 6.30. The molecule has 4 heteroatoms. The van der Waals surface area contributed by atoms with Crippen LogP contribution in [0.3, 0.4) is 0 Å². The quantitative estimate of drug-likeness (QED) is 0.885. The summed E-state index contributed by atoms with van der Waals surface area (Å²) in [4.78, 5) is 4.62. The van der Waals surface area contributed by atoms with E-state index in [2.05, 4.69) is 30.9 Å². The van der Waals surface area contributed by atoms with E-state index < -0.39 is 0 Å². The van der Waals surface area contributed by atoms with Crippen LogP contribution in [0.4, 0.5) is 0 Å². The summed E-state index contributed by atoms with van der Waals surface area (Å²) >= 11 is 0. The molecule has 0 spiro atoms. The SMILES string of the molecule is CCC1CCC(c2noc(C(CN)C(C)C)n2)CC1. The third kappa shape index (κ3) is 3.35. The average Bonchev–Trinajstić information content (AvgIpc) is 2.89. The maximum Gasteiger partial charge on any atom is 0.231 e. The summed E-state index contributed by atoms with van der Waals surface area (Å²) in [6, 6.07) is 0. The van der Waals surface area contributed by atoms with E-state index in [-0.39, 0.29) is 5.92 Å². The van der Waals surface area contributed by atoms with Crippen LogP contribution in [0.2, 0.25) is 0 Å². The van der Waals surface area contributed by atoms with Gasteiger partial charge in [-0.05, 0) is 37.5 Å². The first-order valence-electron chi connectivity index (χ1n) is 7.69. The van der Waals surface area contributed by atoms with Crippen molar-refractivity contribution in [2.24, 2.45) is 17.6 Å². The van der Waals surface area contributed by atoms with Gasteiger partial charge in [-0.25, -0.2) is 0 Å². The molecule has 1 atom stereocenters. The largest absolute Gasteiger partial charge is 0.339 e. The van der Waals surface area contributed by atoms with Crippen LogP contribution in [0.1, 0.15) is 76.4 Å². The number of hydrogen-bond donors (Lipinski definition) is 1. The molecular weight excluding hydrogens is 238 g/mol. The summed E-state index contributed by atoms with van der Waals surface area (Å²) < 4.78 is 5.44. The number of aromatic nitrogens is 2. The van der Waals surface area contributed by atoms with Gasteiger partial charge in [-0.3, -0.25) is 0 Å². The van der Waals surface area contributed by atoms with Gasteiger partial charge in [0.2, 0.25) is 5.89 Å². The zero-order chi connectivity index (χ0) is 13.8. The monoisotopic (exact) mass is 265 g/mol. The summed E-state index contributed by atoms with van der Waals surface area (Å²) in [6.45, 7) is 7.15. The molecule has 1 saturated carbocycles. The van der Waals surface area contributed by atoms with E-state index >= 15 is 0 Å². The van der Waals surface area contributed by atoms with Crippen LogP contribution in [0.5, 0.6) is 0 Å². The van der Waals surface area contributed by atoms with Crippen LogP contribution < -0.4 is 5.73 Å². The molecule has 0 bridgehead atoms. The Balaban J connectivity index is 2.01. The molecule has 0 aromatic carbocycles. The number of nitrogens with zero attached hydrogens (tertiary/aromatic N) is 2.